The number of piperidine rings is 1. The summed E-state index contributed by atoms with van der Waals surface area (Å²) in [7, 11) is 0. The maximum absolute atomic E-state index is 12.5. The van der Waals surface area contributed by atoms with Gasteiger partial charge in [0.05, 0.1) is 11.4 Å². The summed E-state index contributed by atoms with van der Waals surface area (Å²) in [6.45, 7) is 2.83. The van der Waals surface area contributed by atoms with Crippen molar-refractivity contribution in [3.05, 3.63) is 47.0 Å². The molecule has 1 atom stereocenters. The van der Waals surface area contributed by atoms with Crippen molar-refractivity contribution in [2.45, 2.75) is 19.3 Å². The molecular formula is C24H25N9O2S. The quantitative estimate of drug-likeness (QED) is 0.410. The molecule has 1 unspecified atom stereocenters. The molecule has 0 spiro atoms. The Balaban J connectivity index is 1.36. The van der Waals surface area contributed by atoms with Gasteiger partial charge in [-0.1, -0.05) is 0 Å². The lowest BCUT2D eigenvalue weighted by Gasteiger charge is -2.31. The van der Waals surface area contributed by atoms with E-state index >= 15 is 0 Å². The van der Waals surface area contributed by atoms with Crippen LogP contribution in [0.4, 0.5) is 17.5 Å². The van der Waals surface area contributed by atoms with Crippen molar-refractivity contribution in [1.29, 1.82) is 0 Å². The predicted octanol–water partition coefficient (Wildman–Crippen LogP) is 2.56. The lowest BCUT2D eigenvalue weighted by atomic mass is 9.98. The Bertz CT molecular complexity index is 1410. The molecule has 2 aliphatic rings. The number of benzene rings is 1. The number of hydrogen-bond acceptors (Lipinski definition) is 9. The van der Waals surface area contributed by atoms with Crippen LogP contribution in [0, 0.1) is 5.92 Å². The molecule has 3 aromatic heterocycles. The number of rotatable bonds is 6. The van der Waals surface area contributed by atoms with Gasteiger partial charge in [-0.05, 0) is 43.5 Å². The fourth-order valence-corrected chi connectivity index (χ4v) is 5.06. The molecule has 184 valence electrons. The molecule has 0 aliphatic carbocycles. The average Bonchev–Trinajstić information content (AvgIpc) is 3.53. The molecule has 36 heavy (non-hydrogen) atoms. The lowest BCUT2D eigenvalue weighted by Crippen LogP contribution is -2.42. The number of thiazole rings is 1. The Morgan fingerprint density at radius 2 is 1.89 bits per heavy atom. The number of fused-ring (bicyclic) bond motifs is 1. The van der Waals surface area contributed by atoms with Crippen molar-refractivity contribution in [2.24, 2.45) is 11.7 Å². The summed E-state index contributed by atoms with van der Waals surface area (Å²) in [5.41, 5.74) is 10.00. The number of primary amides is 1. The fraction of sp³-hybridized carbons (Fsp3) is 0.333. The SMILES string of the molecule is NC(=O)C1CCCN(c2nc(Nc3ccc(C(=O)N4CCC4)cc3)c3ncn(-c4cscn4)c3n2)C1. The number of imidazole rings is 1. The lowest BCUT2D eigenvalue weighted by molar-refractivity contribution is -0.122. The van der Waals surface area contributed by atoms with Crippen LogP contribution in [0.2, 0.25) is 0 Å². The minimum atomic E-state index is -0.306. The molecular weight excluding hydrogens is 478 g/mol. The van der Waals surface area contributed by atoms with Gasteiger partial charge in [0.25, 0.3) is 5.91 Å². The van der Waals surface area contributed by atoms with Crippen LogP contribution in [-0.2, 0) is 4.79 Å². The van der Waals surface area contributed by atoms with Gasteiger partial charge < -0.3 is 20.9 Å². The molecule has 5 heterocycles. The Labute approximate surface area is 211 Å². The molecule has 0 saturated carbocycles. The highest BCUT2D eigenvalue weighted by Gasteiger charge is 2.27. The van der Waals surface area contributed by atoms with Gasteiger partial charge in [-0.2, -0.15) is 9.97 Å². The summed E-state index contributed by atoms with van der Waals surface area (Å²) < 4.78 is 1.83. The summed E-state index contributed by atoms with van der Waals surface area (Å²) in [6.07, 6.45) is 4.33. The number of amides is 2. The Morgan fingerprint density at radius 1 is 1.06 bits per heavy atom. The second-order valence-corrected chi connectivity index (χ2v) is 9.76. The Kier molecular flexibility index (Phi) is 5.72. The normalized spacial score (nSPS) is 17.7. The van der Waals surface area contributed by atoms with Crippen molar-refractivity contribution in [3.8, 4) is 5.82 Å². The van der Waals surface area contributed by atoms with E-state index in [2.05, 4.69) is 15.3 Å². The first-order valence-corrected chi connectivity index (χ1v) is 12.9. The van der Waals surface area contributed by atoms with Crippen LogP contribution >= 0.6 is 11.3 Å². The highest BCUT2D eigenvalue weighted by molar-refractivity contribution is 7.07. The molecule has 1 aromatic carbocycles. The predicted molar refractivity (Wildman–Crippen MR) is 137 cm³/mol. The van der Waals surface area contributed by atoms with Crippen LogP contribution in [-0.4, -0.2) is 67.4 Å². The summed E-state index contributed by atoms with van der Waals surface area (Å²) in [5.74, 6) is 1.26. The third kappa shape index (κ3) is 4.13. The standard InChI is InChI=1S/C24H25N9O2S/c25-20(34)16-3-1-8-32(11-16)24-29-21(19-22(30-24)33(13-26-19)18-12-36-14-27-18)28-17-6-4-15(5-7-17)23(35)31-9-2-10-31/h4-7,12-14,16H,1-3,8-11H2,(H2,25,34)(H,28,29,30). The largest absolute Gasteiger partial charge is 0.369 e. The van der Waals surface area contributed by atoms with Crippen LogP contribution in [0.1, 0.15) is 29.6 Å². The first-order chi connectivity index (χ1) is 17.6. The van der Waals surface area contributed by atoms with Crippen LogP contribution in [0.25, 0.3) is 17.0 Å². The number of hydrogen-bond donors (Lipinski definition) is 2. The van der Waals surface area contributed by atoms with E-state index in [0.717, 1.165) is 50.4 Å². The molecule has 12 heteroatoms. The molecule has 11 nitrogen and oxygen atoms in total. The Morgan fingerprint density at radius 3 is 2.58 bits per heavy atom. The second-order valence-electron chi connectivity index (χ2n) is 9.04. The van der Waals surface area contributed by atoms with Gasteiger partial charge in [-0.15, -0.1) is 11.3 Å². The maximum Gasteiger partial charge on any atom is 0.253 e. The van der Waals surface area contributed by atoms with Crippen molar-refractivity contribution in [2.75, 3.05) is 36.4 Å². The number of anilines is 3. The van der Waals surface area contributed by atoms with Crippen LogP contribution in [0.5, 0.6) is 0 Å². The summed E-state index contributed by atoms with van der Waals surface area (Å²) in [6, 6.07) is 7.36. The van der Waals surface area contributed by atoms with Gasteiger partial charge in [0.2, 0.25) is 11.9 Å². The molecule has 0 bridgehead atoms. The van der Waals surface area contributed by atoms with Gasteiger partial charge >= 0.3 is 0 Å². The number of nitrogens with two attached hydrogens (primary N) is 1. The van der Waals surface area contributed by atoms with E-state index < -0.39 is 0 Å². The smallest absolute Gasteiger partial charge is 0.253 e. The van der Waals surface area contributed by atoms with Gasteiger partial charge in [0.1, 0.15) is 6.33 Å². The number of likely N-dealkylation sites (tertiary alicyclic amines) is 1. The minimum absolute atomic E-state index is 0.0515. The van der Waals surface area contributed by atoms with E-state index in [-0.39, 0.29) is 17.7 Å². The summed E-state index contributed by atoms with van der Waals surface area (Å²) in [5, 5.41) is 5.28. The Hall–Kier alpha value is -4.06. The summed E-state index contributed by atoms with van der Waals surface area (Å²) >= 11 is 1.49. The second kappa shape index (κ2) is 9.19. The molecule has 2 fully saturated rings. The maximum atomic E-state index is 12.5. The van der Waals surface area contributed by atoms with Crippen molar-refractivity contribution < 1.29 is 9.59 Å². The zero-order valence-electron chi connectivity index (χ0n) is 19.5. The molecule has 2 amide bonds. The molecule has 4 aromatic rings. The van der Waals surface area contributed by atoms with Gasteiger partial charge in [0, 0.05) is 42.8 Å². The number of aromatic nitrogens is 5. The molecule has 2 saturated heterocycles. The first-order valence-electron chi connectivity index (χ1n) is 11.9. The molecule has 2 aliphatic heterocycles. The van der Waals surface area contributed by atoms with E-state index in [9.17, 15) is 9.59 Å². The minimum Gasteiger partial charge on any atom is -0.369 e. The zero-order valence-corrected chi connectivity index (χ0v) is 20.3. The third-order valence-corrected chi connectivity index (χ3v) is 7.27. The van der Waals surface area contributed by atoms with Gasteiger partial charge in [0.15, 0.2) is 22.8 Å². The highest BCUT2D eigenvalue weighted by Crippen LogP contribution is 2.29. The van der Waals surface area contributed by atoms with E-state index in [0.29, 0.717) is 35.0 Å². The third-order valence-electron chi connectivity index (χ3n) is 6.69. The van der Waals surface area contributed by atoms with E-state index in [4.69, 9.17) is 15.7 Å². The van der Waals surface area contributed by atoms with Crippen LogP contribution in [0.15, 0.2) is 41.5 Å². The highest BCUT2D eigenvalue weighted by atomic mass is 32.1. The van der Waals surface area contributed by atoms with Crippen molar-refractivity contribution >= 4 is 51.8 Å². The summed E-state index contributed by atoms with van der Waals surface area (Å²) in [4.78, 5) is 46.8. The average molecular weight is 504 g/mol. The molecule has 6 rings (SSSR count). The van der Waals surface area contributed by atoms with Crippen molar-refractivity contribution in [3.63, 3.8) is 0 Å². The van der Waals surface area contributed by atoms with Gasteiger partial charge in [-0.25, -0.2) is 9.97 Å². The zero-order chi connectivity index (χ0) is 24.6. The van der Waals surface area contributed by atoms with E-state index in [1.165, 1.54) is 11.3 Å². The van der Waals surface area contributed by atoms with E-state index in [1.807, 2.05) is 44.0 Å². The number of carbonyl (C=O) groups is 2. The van der Waals surface area contributed by atoms with Crippen LogP contribution < -0.4 is 16.0 Å². The van der Waals surface area contributed by atoms with Gasteiger partial charge in [-0.3, -0.25) is 14.2 Å². The number of nitrogens with one attached hydrogen (secondary N) is 1. The fourth-order valence-electron chi connectivity index (χ4n) is 4.54. The molecule has 0 radical (unpaired) electrons. The molecule has 3 N–H and O–H groups in total. The van der Waals surface area contributed by atoms with E-state index in [1.54, 1.807) is 11.8 Å². The monoisotopic (exact) mass is 503 g/mol. The number of nitrogens with zero attached hydrogens (tertiary/aromatic N) is 7. The van der Waals surface area contributed by atoms with Crippen LogP contribution in [0.3, 0.4) is 0 Å². The first kappa shape index (κ1) is 22.4. The number of carbonyl (C=O) groups excluding carboxylic acids is 2. The van der Waals surface area contributed by atoms with Crippen molar-refractivity contribution in [1.82, 2.24) is 29.4 Å². The topological polar surface area (TPSA) is 135 Å².